The predicted octanol–water partition coefficient (Wildman–Crippen LogP) is 1.29. The molecule has 3 rings (SSSR count). The van der Waals surface area contributed by atoms with Gasteiger partial charge in [0, 0.05) is 64.1 Å². The number of carbonyl (C=O) groups excluding carboxylic acids is 1. The van der Waals surface area contributed by atoms with Crippen molar-refractivity contribution in [2.75, 3.05) is 46.3 Å². The minimum absolute atomic E-state index is 0.0669. The fourth-order valence-corrected chi connectivity index (χ4v) is 3.78. The van der Waals surface area contributed by atoms with Crippen LogP contribution < -0.4 is 5.32 Å². The fraction of sp³-hybridized carbons (Fsp3) is 0.778. The zero-order chi connectivity index (χ0) is 17.8. The van der Waals surface area contributed by atoms with E-state index in [2.05, 4.69) is 34.2 Å². The largest absolute Gasteiger partial charge is 0.335 e. The van der Waals surface area contributed by atoms with Gasteiger partial charge >= 0.3 is 6.03 Å². The number of amides is 2. The van der Waals surface area contributed by atoms with Crippen molar-refractivity contribution >= 4 is 6.03 Å². The van der Waals surface area contributed by atoms with Crippen LogP contribution in [0.5, 0.6) is 0 Å². The third-order valence-electron chi connectivity index (χ3n) is 5.47. The number of likely N-dealkylation sites (N-methyl/N-ethyl adjacent to an activating group) is 1. The first-order valence-electron chi connectivity index (χ1n) is 9.49. The number of hydrogen-bond acceptors (Lipinski definition) is 4. The van der Waals surface area contributed by atoms with E-state index in [9.17, 15) is 4.79 Å². The highest BCUT2D eigenvalue weighted by Crippen LogP contribution is 2.31. The maximum Gasteiger partial charge on any atom is 0.318 e. The summed E-state index contributed by atoms with van der Waals surface area (Å²) >= 11 is 0. The third-order valence-corrected chi connectivity index (χ3v) is 5.47. The Bertz CT molecular complexity index is 566. The molecule has 2 aliphatic rings. The lowest BCUT2D eigenvalue weighted by molar-refractivity contribution is 0.148. The molecule has 1 aromatic rings. The number of aromatic nitrogens is 2. The molecule has 0 aliphatic carbocycles. The molecule has 3 heterocycles. The number of nitrogens with one attached hydrogen (secondary N) is 1. The Morgan fingerprint density at radius 1 is 1.28 bits per heavy atom. The van der Waals surface area contributed by atoms with Crippen LogP contribution in [0.4, 0.5) is 4.79 Å². The van der Waals surface area contributed by atoms with Gasteiger partial charge in [-0.1, -0.05) is 0 Å². The normalized spacial score (nSPS) is 23.8. The third kappa shape index (κ3) is 4.73. The predicted molar refractivity (Wildman–Crippen MR) is 98.4 cm³/mol. The summed E-state index contributed by atoms with van der Waals surface area (Å²) in [4.78, 5) is 19.5. The van der Waals surface area contributed by atoms with E-state index in [1.165, 1.54) is 0 Å². The van der Waals surface area contributed by atoms with E-state index in [4.69, 9.17) is 0 Å². The number of hydrogen-bond donors (Lipinski definition) is 1. The summed E-state index contributed by atoms with van der Waals surface area (Å²) < 4.78 is 1.81. The minimum Gasteiger partial charge on any atom is -0.335 e. The molecule has 2 atom stereocenters. The first-order valence-corrected chi connectivity index (χ1v) is 9.49. The molecule has 1 aromatic heterocycles. The average Bonchev–Trinajstić information content (AvgIpc) is 3.23. The molecule has 2 saturated heterocycles. The highest BCUT2D eigenvalue weighted by molar-refractivity contribution is 5.75. The molecule has 2 aliphatic heterocycles. The van der Waals surface area contributed by atoms with Gasteiger partial charge in [0.2, 0.25) is 0 Å². The van der Waals surface area contributed by atoms with E-state index in [-0.39, 0.29) is 18.1 Å². The van der Waals surface area contributed by atoms with E-state index >= 15 is 0 Å². The van der Waals surface area contributed by atoms with Crippen LogP contribution in [-0.2, 0) is 7.05 Å². The van der Waals surface area contributed by atoms with Crippen molar-refractivity contribution in [1.82, 2.24) is 29.8 Å². The molecule has 7 nitrogen and oxygen atoms in total. The van der Waals surface area contributed by atoms with Crippen molar-refractivity contribution < 1.29 is 4.79 Å². The van der Waals surface area contributed by atoms with E-state index in [1.807, 2.05) is 29.0 Å². The van der Waals surface area contributed by atoms with E-state index < -0.39 is 0 Å². The monoisotopic (exact) mass is 348 g/mol. The molecular formula is C18H32N6O. The van der Waals surface area contributed by atoms with Crippen LogP contribution in [-0.4, -0.2) is 82.9 Å². The SMILES string of the molecule is C[C@@H](CCN1CCN(C)CC1)NC(=O)N1CCC[C@H]1c1cnn(C)c1. The van der Waals surface area contributed by atoms with Crippen LogP contribution in [0.25, 0.3) is 0 Å². The maximum absolute atomic E-state index is 12.7. The van der Waals surface area contributed by atoms with Gasteiger partial charge in [-0.15, -0.1) is 0 Å². The summed E-state index contributed by atoms with van der Waals surface area (Å²) in [7, 11) is 4.10. The molecule has 0 saturated carbocycles. The zero-order valence-corrected chi connectivity index (χ0v) is 15.8. The number of rotatable bonds is 5. The first-order chi connectivity index (χ1) is 12.0. The van der Waals surface area contributed by atoms with Gasteiger partial charge in [-0.2, -0.15) is 5.10 Å². The molecule has 2 fully saturated rings. The Kier molecular flexibility index (Phi) is 5.96. The Morgan fingerprint density at radius 3 is 2.72 bits per heavy atom. The van der Waals surface area contributed by atoms with Crippen molar-refractivity contribution in [3.63, 3.8) is 0 Å². The highest BCUT2D eigenvalue weighted by Gasteiger charge is 2.31. The number of nitrogens with zero attached hydrogens (tertiary/aromatic N) is 5. The number of likely N-dealkylation sites (tertiary alicyclic amines) is 1. The lowest BCUT2D eigenvalue weighted by Gasteiger charge is -2.33. The van der Waals surface area contributed by atoms with Crippen LogP contribution >= 0.6 is 0 Å². The standard InChI is InChI=1S/C18H32N6O/c1-15(6-8-23-11-9-21(2)10-12-23)20-18(25)24-7-4-5-17(24)16-13-19-22(3)14-16/h13-15,17H,4-12H2,1-3H3,(H,20,25)/t15-,17-/m0/s1. The fourth-order valence-electron chi connectivity index (χ4n) is 3.78. The molecule has 0 spiro atoms. The van der Waals surface area contributed by atoms with Gasteiger partial charge in [0.05, 0.1) is 12.2 Å². The molecule has 0 radical (unpaired) electrons. The van der Waals surface area contributed by atoms with Gasteiger partial charge in [0.1, 0.15) is 0 Å². The Hall–Kier alpha value is -1.60. The van der Waals surface area contributed by atoms with Crippen molar-refractivity contribution in [3.8, 4) is 0 Å². The van der Waals surface area contributed by atoms with Crippen molar-refractivity contribution in [2.24, 2.45) is 7.05 Å². The Morgan fingerprint density at radius 2 is 2.04 bits per heavy atom. The summed E-state index contributed by atoms with van der Waals surface area (Å²) in [6.45, 7) is 8.54. The van der Waals surface area contributed by atoms with Gasteiger partial charge in [-0.3, -0.25) is 4.68 Å². The summed E-state index contributed by atoms with van der Waals surface area (Å²) in [6.07, 6.45) is 6.98. The molecule has 140 valence electrons. The van der Waals surface area contributed by atoms with Gasteiger partial charge in [0.15, 0.2) is 0 Å². The van der Waals surface area contributed by atoms with Crippen molar-refractivity contribution in [3.05, 3.63) is 18.0 Å². The molecule has 25 heavy (non-hydrogen) atoms. The molecule has 0 unspecified atom stereocenters. The minimum atomic E-state index is 0.0669. The number of carbonyl (C=O) groups is 1. The Balaban J connectivity index is 1.46. The van der Waals surface area contributed by atoms with Crippen LogP contribution in [0.15, 0.2) is 12.4 Å². The van der Waals surface area contributed by atoms with Gasteiger partial charge < -0.3 is 20.0 Å². The molecule has 7 heteroatoms. The maximum atomic E-state index is 12.7. The van der Waals surface area contributed by atoms with E-state index in [0.717, 1.165) is 64.1 Å². The summed E-state index contributed by atoms with van der Waals surface area (Å²) in [5.74, 6) is 0. The van der Waals surface area contributed by atoms with E-state index in [1.54, 1.807) is 0 Å². The number of urea groups is 1. The quantitative estimate of drug-likeness (QED) is 0.871. The van der Waals surface area contributed by atoms with E-state index in [0.29, 0.717) is 0 Å². The highest BCUT2D eigenvalue weighted by atomic mass is 16.2. The average molecular weight is 348 g/mol. The van der Waals surface area contributed by atoms with Crippen LogP contribution in [0.1, 0.15) is 37.8 Å². The van der Waals surface area contributed by atoms with Crippen LogP contribution in [0, 0.1) is 0 Å². The molecule has 2 amide bonds. The van der Waals surface area contributed by atoms with Crippen LogP contribution in [0.2, 0.25) is 0 Å². The van der Waals surface area contributed by atoms with Gasteiger partial charge in [-0.25, -0.2) is 4.79 Å². The van der Waals surface area contributed by atoms with Gasteiger partial charge in [-0.05, 0) is 33.2 Å². The van der Waals surface area contributed by atoms with Crippen molar-refractivity contribution in [1.29, 1.82) is 0 Å². The lowest BCUT2D eigenvalue weighted by atomic mass is 10.1. The second kappa shape index (κ2) is 8.19. The molecular weight excluding hydrogens is 316 g/mol. The lowest BCUT2D eigenvalue weighted by Crippen LogP contribution is -2.47. The zero-order valence-electron chi connectivity index (χ0n) is 15.8. The van der Waals surface area contributed by atoms with Crippen LogP contribution in [0.3, 0.4) is 0 Å². The second-order valence-electron chi connectivity index (χ2n) is 7.58. The first kappa shape index (κ1) is 18.2. The molecule has 0 aromatic carbocycles. The topological polar surface area (TPSA) is 56.6 Å². The summed E-state index contributed by atoms with van der Waals surface area (Å²) in [6, 6.07) is 0.429. The van der Waals surface area contributed by atoms with Gasteiger partial charge in [0.25, 0.3) is 0 Å². The Labute approximate surface area is 150 Å². The summed E-state index contributed by atoms with van der Waals surface area (Å²) in [5.41, 5.74) is 1.14. The van der Waals surface area contributed by atoms with Crippen molar-refractivity contribution in [2.45, 2.75) is 38.3 Å². The molecule has 0 bridgehead atoms. The second-order valence-corrected chi connectivity index (χ2v) is 7.58. The smallest absolute Gasteiger partial charge is 0.318 e. The number of aryl methyl sites for hydroxylation is 1. The number of piperazine rings is 1. The molecule has 1 N–H and O–H groups in total. The summed E-state index contributed by atoms with van der Waals surface area (Å²) in [5, 5.41) is 7.45.